The monoisotopic (exact) mass is 309 g/mol. The number of Topliss-reactive ketones (excluding diaryl/α,β-unsaturated/α-hetero) is 1. The lowest BCUT2D eigenvalue weighted by Crippen LogP contribution is -2.12. The lowest BCUT2D eigenvalue weighted by molar-refractivity contribution is 0.0991. The van der Waals surface area contributed by atoms with Crippen molar-refractivity contribution in [2.75, 3.05) is 5.73 Å². The third kappa shape index (κ3) is 2.57. The molecule has 4 heteroatoms. The summed E-state index contributed by atoms with van der Waals surface area (Å²) >= 11 is 7.78. The highest BCUT2D eigenvalue weighted by Crippen LogP contribution is 2.18. The zero-order valence-corrected chi connectivity index (χ0v) is 9.96. The van der Waals surface area contributed by atoms with E-state index >= 15 is 0 Å². The van der Waals surface area contributed by atoms with Crippen LogP contribution in [0.4, 0.5) is 5.69 Å². The van der Waals surface area contributed by atoms with Gasteiger partial charge in [-0.05, 0) is 47.7 Å². The number of ketones is 1. The summed E-state index contributed by atoms with van der Waals surface area (Å²) in [6, 6.07) is 5.23. The van der Waals surface area contributed by atoms with Crippen molar-refractivity contribution in [2.45, 2.75) is 12.3 Å². The molecule has 1 aromatic carbocycles. The maximum absolute atomic E-state index is 11.5. The summed E-state index contributed by atoms with van der Waals surface area (Å²) in [5.74, 6) is -0.0848. The Morgan fingerprint density at radius 1 is 1.62 bits per heavy atom. The minimum absolute atomic E-state index is 0.0848. The number of carbonyl (C=O) groups excluding carboxylic acids is 1. The minimum Gasteiger partial charge on any atom is -0.399 e. The van der Waals surface area contributed by atoms with Gasteiger partial charge in [-0.1, -0.05) is 0 Å². The van der Waals surface area contributed by atoms with Gasteiger partial charge in [-0.15, -0.1) is 11.6 Å². The standard InChI is InChI=1S/C9H9ClINO/c1-5(10)9(13)7-4-6(12)2-3-8(7)11/h2-5H,12H2,1H3. The number of carbonyl (C=O) groups is 1. The molecule has 0 aromatic heterocycles. The number of halogens is 2. The highest BCUT2D eigenvalue weighted by molar-refractivity contribution is 14.1. The first-order valence-corrected chi connectivity index (χ1v) is 5.27. The second-order valence-electron chi connectivity index (χ2n) is 2.72. The molecule has 2 nitrogen and oxygen atoms in total. The molecule has 0 fully saturated rings. The molecule has 2 N–H and O–H groups in total. The number of alkyl halides is 1. The highest BCUT2D eigenvalue weighted by atomic mass is 127. The molecule has 0 aliphatic carbocycles. The second kappa shape index (κ2) is 4.28. The SMILES string of the molecule is CC(Cl)C(=O)c1cc(N)ccc1I. The van der Waals surface area contributed by atoms with Gasteiger partial charge in [-0.2, -0.15) is 0 Å². The molecule has 0 bridgehead atoms. The molecular weight excluding hydrogens is 300 g/mol. The van der Waals surface area contributed by atoms with Crippen molar-refractivity contribution >= 4 is 45.7 Å². The maximum Gasteiger partial charge on any atom is 0.181 e. The van der Waals surface area contributed by atoms with E-state index in [2.05, 4.69) is 22.6 Å². The molecule has 0 spiro atoms. The Morgan fingerprint density at radius 2 is 2.23 bits per heavy atom. The lowest BCUT2D eigenvalue weighted by Gasteiger charge is -2.05. The van der Waals surface area contributed by atoms with E-state index in [9.17, 15) is 4.79 Å². The molecule has 0 amide bonds. The van der Waals surface area contributed by atoms with E-state index in [1.54, 1.807) is 19.1 Å². The van der Waals surface area contributed by atoms with Crippen LogP contribution in [0.5, 0.6) is 0 Å². The molecule has 1 rings (SSSR count). The third-order valence-corrected chi connectivity index (χ3v) is 2.76. The number of anilines is 1. The fourth-order valence-electron chi connectivity index (χ4n) is 0.946. The van der Waals surface area contributed by atoms with Crippen molar-refractivity contribution in [3.05, 3.63) is 27.3 Å². The predicted octanol–water partition coefficient (Wildman–Crippen LogP) is 2.68. The molecule has 0 aliphatic heterocycles. The zero-order chi connectivity index (χ0) is 10.0. The summed E-state index contributed by atoms with van der Waals surface area (Å²) in [4.78, 5) is 11.5. The van der Waals surface area contributed by atoms with Crippen molar-refractivity contribution in [1.82, 2.24) is 0 Å². The average molecular weight is 310 g/mol. The van der Waals surface area contributed by atoms with Gasteiger partial charge in [-0.25, -0.2) is 0 Å². The second-order valence-corrected chi connectivity index (χ2v) is 4.54. The van der Waals surface area contributed by atoms with Crippen LogP contribution in [-0.4, -0.2) is 11.2 Å². The van der Waals surface area contributed by atoms with E-state index < -0.39 is 5.38 Å². The summed E-state index contributed by atoms with van der Waals surface area (Å²) in [5.41, 5.74) is 6.75. The van der Waals surface area contributed by atoms with Crippen molar-refractivity contribution < 1.29 is 4.79 Å². The van der Waals surface area contributed by atoms with Crippen LogP contribution in [0.25, 0.3) is 0 Å². The maximum atomic E-state index is 11.5. The fraction of sp³-hybridized carbons (Fsp3) is 0.222. The lowest BCUT2D eigenvalue weighted by atomic mass is 10.1. The van der Waals surface area contributed by atoms with E-state index in [0.29, 0.717) is 11.3 Å². The number of rotatable bonds is 2. The molecule has 1 unspecified atom stereocenters. The van der Waals surface area contributed by atoms with Gasteiger partial charge < -0.3 is 5.73 Å². The first kappa shape index (κ1) is 10.8. The van der Waals surface area contributed by atoms with Crippen molar-refractivity contribution in [3.63, 3.8) is 0 Å². The molecule has 0 heterocycles. The fourth-order valence-corrected chi connectivity index (χ4v) is 1.66. The first-order valence-electron chi connectivity index (χ1n) is 3.75. The molecule has 1 atom stereocenters. The molecule has 1 aromatic rings. The van der Waals surface area contributed by atoms with E-state index in [1.165, 1.54) is 0 Å². The summed E-state index contributed by atoms with van der Waals surface area (Å²) in [6.07, 6.45) is 0. The van der Waals surface area contributed by atoms with Crippen LogP contribution in [0.15, 0.2) is 18.2 Å². The molecule has 0 saturated heterocycles. The molecule has 13 heavy (non-hydrogen) atoms. The topological polar surface area (TPSA) is 43.1 Å². The zero-order valence-electron chi connectivity index (χ0n) is 7.05. The Kier molecular flexibility index (Phi) is 3.55. The van der Waals surface area contributed by atoms with Gasteiger partial charge in [-0.3, -0.25) is 4.79 Å². The Bertz CT molecular complexity index is 338. The van der Waals surface area contributed by atoms with Crippen LogP contribution >= 0.6 is 34.2 Å². The van der Waals surface area contributed by atoms with Crippen LogP contribution in [0.1, 0.15) is 17.3 Å². The van der Waals surface area contributed by atoms with Crippen LogP contribution in [0, 0.1) is 3.57 Å². The Morgan fingerprint density at radius 3 is 2.77 bits per heavy atom. The Labute approximate surface area is 95.6 Å². The van der Waals surface area contributed by atoms with E-state index in [-0.39, 0.29) is 5.78 Å². The Balaban J connectivity index is 3.13. The van der Waals surface area contributed by atoms with E-state index in [0.717, 1.165) is 3.57 Å². The third-order valence-electron chi connectivity index (χ3n) is 1.62. The number of nitrogen functional groups attached to an aromatic ring is 1. The smallest absolute Gasteiger partial charge is 0.181 e. The van der Waals surface area contributed by atoms with Crippen molar-refractivity contribution in [3.8, 4) is 0 Å². The van der Waals surface area contributed by atoms with Gasteiger partial charge >= 0.3 is 0 Å². The minimum atomic E-state index is -0.504. The van der Waals surface area contributed by atoms with Gasteiger partial charge in [0.25, 0.3) is 0 Å². The first-order chi connectivity index (χ1) is 6.02. The molecule has 0 aliphatic rings. The van der Waals surface area contributed by atoms with Gasteiger partial charge in [0.2, 0.25) is 0 Å². The molecule has 0 radical (unpaired) electrons. The van der Waals surface area contributed by atoms with Crippen LogP contribution < -0.4 is 5.73 Å². The molecular formula is C9H9ClINO. The van der Waals surface area contributed by atoms with Gasteiger partial charge in [0, 0.05) is 14.8 Å². The van der Waals surface area contributed by atoms with Crippen molar-refractivity contribution in [1.29, 1.82) is 0 Å². The summed E-state index contributed by atoms with van der Waals surface area (Å²) in [7, 11) is 0. The summed E-state index contributed by atoms with van der Waals surface area (Å²) in [6.45, 7) is 1.66. The largest absolute Gasteiger partial charge is 0.399 e. The number of hydrogen-bond acceptors (Lipinski definition) is 2. The van der Waals surface area contributed by atoms with Crippen molar-refractivity contribution in [2.24, 2.45) is 0 Å². The molecule has 0 saturated carbocycles. The number of hydrogen-bond donors (Lipinski definition) is 1. The van der Waals surface area contributed by atoms with E-state index in [4.69, 9.17) is 17.3 Å². The number of nitrogens with two attached hydrogens (primary N) is 1. The quantitative estimate of drug-likeness (QED) is 0.395. The van der Waals surface area contributed by atoms with Gasteiger partial charge in [0.05, 0.1) is 5.38 Å². The van der Waals surface area contributed by atoms with Gasteiger partial charge in [0.1, 0.15) is 0 Å². The average Bonchev–Trinajstić information content (AvgIpc) is 2.08. The van der Waals surface area contributed by atoms with Crippen LogP contribution in [-0.2, 0) is 0 Å². The summed E-state index contributed by atoms with van der Waals surface area (Å²) < 4.78 is 0.879. The normalized spacial score (nSPS) is 12.5. The molecule has 70 valence electrons. The summed E-state index contributed by atoms with van der Waals surface area (Å²) in [5, 5.41) is -0.504. The van der Waals surface area contributed by atoms with Crippen LogP contribution in [0.3, 0.4) is 0 Å². The highest BCUT2D eigenvalue weighted by Gasteiger charge is 2.15. The van der Waals surface area contributed by atoms with E-state index in [1.807, 2.05) is 6.07 Å². The van der Waals surface area contributed by atoms with Crippen LogP contribution in [0.2, 0.25) is 0 Å². The Hall–Kier alpha value is -0.290. The number of benzene rings is 1. The van der Waals surface area contributed by atoms with Gasteiger partial charge in [0.15, 0.2) is 5.78 Å². The predicted molar refractivity (Wildman–Crippen MR) is 63.2 cm³/mol.